The van der Waals surface area contributed by atoms with E-state index < -0.39 is 39.1 Å². The van der Waals surface area contributed by atoms with Gasteiger partial charge in [0.15, 0.2) is 0 Å². The van der Waals surface area contributed by atoms with Crippen molar-refractivity contribution in [2.45, 2.75) is 0 Å². The zero-order chi connectivity index (χ0) is 6.10. The van der Waals surface area contributed by atoms with Crippen molar-refractivity contribution in [3.8, 4) is 0 Å². The van der Waals surface area contributed by atoms with Gasteiger partial charge in [-0.3, -0.25) is 0 Å². The molecule has 5 nitrogen and oxygen atoms in total. The van der Waals surface area contributed by atoms with Crippen LogP contribution in [0.1, 0.15) is 0 Å². The number of hydrogen-bond donors (Lipinski definition) is 0. The molecule has 0 saturated carbocycles. The first-order valence-corrected chi connectivity index (χ1v) is 7.71. The summed E-state index contributed by atoms with van der Waals surface area (Å²) in [6, 6.07) is 0. The Morgan fingerprint density at radius 3 is 1.56 bits per heavy atom. The summed E-state index contributed by atoms with van der Waals surface area (Å²) >= 11 is 0. The predicted octanol–water partition coefficient (Wildman–Crippen LogP) is -3.47. The second-order valence-electron chi connectivity index (χ2n) is 1.62. The molecule has 2 bridgehead atoms. The summed E-state index contributed by atoms with van der Waals surface area (Å²) in [4.78, 5) is 0. The minimum absolute atomic E-state index is 0.775. The van der Waals surface area contributed by atoms with E-state index in [0.29, 0.717) is 0 Å². The van der Waals surface area contributed by atoms with E-state index in [4.69, 9.17) is 20.6 Å². The van der Waals surface area contributed by atoms with Gasteiger partial charge in [0.25, 0.3) is 20.0 Å². The molecule has 0 atom stereocenters. The topological polar surface area (TPSA) is 46.2 Å². The molecule has 0 unspecified atom stereocenters. The quantitative estimate of drug-likeness (QED) is 0.379. The van der Waals surface area contributed by atoms with Crippen molar-refractivity contribution >= 4 is 39.1 Å². The molecule has 2 fully saturated rings. The Kier molecular flexibility index (Phi) is 1.93. The molecule has 0 aromatic heterocycles. The molecule has 52 valence electrons. The van der Waals surface area contributed by atoms with Crippen molar-refractivity contribution < 1.29 is 20.6 Å². The highest BCUT2D eigenvalue weighted by atomic mass is 28.5. The Morgan fingerprint density at radius 2 is 1.22 bits per heavy atom. The lowest BCUT2D eigenvalue weighted by molar-refractivity contribution is 0.153. The number of rotatable bonds is 0. The van der Waals surface area contributed by atoms with Crippen molar-refractivity contribution in [3.63, 3.8) is 0 Å². The normalized spacial score (nSPS) is 48.0. The number of fused-ring (bicyclic) bond motifs is 2. The molecular weight excluding hydrogens is 192 g/mol. The first-order chi connectivity index (χ1) is 4.45. The molecule has 2 aliphatic heterocycles. The number of hydrogen-bond acceptors (Lipinski definition) is 5. The van der Waals surface area contributed by atoms with Crippen LogP contribution in [-0.2, 0) is 20.6 Å². The van der Waals surface area contributed by atoms with Crippen molar-refractivity contribution in [1.29, 1.82) is 0 Å². The summed E-state index contributed by atoms with van der Waals surface area (Å²) in [6.45, 7) is 0. The van der Waals surface area contributed by atoms with Crippen LogP contribution in [0.4, 0.5) is 0 Å². The summed E-state index contributed by atoms with van der Waals surface area (Å²) < 4.78 is 25.8. The Hall–Kier alpha value is 0.668. The molecular formula is H6O5Si4. The van der Waals surface area contributed by atoms with Crippen LogP contribution in [0.25, 0.3) is 0 Å². The van der Waals surface area contributed by atoms with Crippen molar-refractivity contribution in [2.75, 3.05) is 0 Å². The third-order valence-corrected chi connectivity index (χ3v) is 9.35. The molecule has 2 heterocycles. The van der Waals surface area contributed by atoms with Gasteiger partial charge in [-0.05, 0) is 0 Å². The smallest absolute Gasteiger partial charge is 0.402 e. The van der Waals surface area contributed by atoms with Crippen LogP contribution in [0.2, 0.25) is 0 Å². The third-order valence-electron chi connectivity index (χ3n) is 1.04. The second-order valence-corrected chi connectivity index (χ2v) is 9.66. The summed E-state index contributed by atoms with van der Waals surface area (Å²) in [7, 11) is -4.83. The minimum Gasteiger partial charge on any atom is -0.402 e. The van der Waals surface area contributed by atoms with Gasteiger partial charge in [-0.25, -0.2) is 0 Å². The fraction of sp³-hybridized carbons (Fsp3) is 0. The second kappa shape index (κ2) is 2.73. The largest absolute Gasteiger partial charge is 0.458 e. The molecule has 0 aromatic carbocycles. The maximum Gasteiger partial charge on any atom is 0.458 e. The van der Waals surface area contributed by atoms with Crippen LogP contribution in [0.5, 0.6) is 0 Å². The predicted molar refractivity (Wildman–Crippen MR) is 36.8 cm³/mol. The van der Waals surface area contributed by atoms with Gasteiger partial charge >= 0.3 is 19.1 Å². The highest BCUT2D eigenvalue weighted by molar-refractivity contribution is 6.69. The lowest BCUT2D eigenvalue weighted by atomic mass is 15.6. The van der Waals surface area contributed by atoms with E-state index in [1.165, 1.54) is 0 Å². The van der Waals surface area contributed by atoms with E-state index in [2.05, 4.69) is 0 Å². The van der Waals surface area contributed by atoms with Crippen LogP contribution < -0.4 is 0 Å². The van der Waals surface area contributed by atoms with Gasteiger partial charge in [0.2, 0.25) is 0 Å². The highest BCUT2D eigenvalue weighted by Gasteiger charge is 2.34. The molecule has 9 heteroatoms. The van der Waals surface area contributed by atoms with Gasteiger partial charge in [-0.1, -0.05) is 0 Å². The monoisotopic (exact) mass is 198 g/mol. The van der Waals surface area contributed by atoms with E-state index in [1.54, 1.807) is 0 Å². The van der Waals surface area contributed by atoms with Crippen LogP contribution in [0, 0.1) is 0 Å². The average Bonchev–Trinajstić information content (AvgIpc) is 1.88. The fourth-order valence-corrected chi connectivity index (χ4v) is 11.8. The lowest BCUT2D eigenvalue weighted by Gasteiger charge is -2.32. The Morgan fingerprint density at radius 1 is 0.778 bits per heavy atom. The molecule has 0 amide bonds. The first kappa shape index (κ1) is 6.38. The van der Waals surface area contributed by atoms with Crippen LogP contribution >= 0.6 is 0 Å². The average molecular weight is 198 g/mol. The maximum absolute atomic E-state index is 5.18. The molecule has 0 aliphatic carbocycles. The molecule has 2 saturated heterocycles. The van der Waals surface area contributed by atoms with Crippen LogP contribution in [0.3, 0.4) is 0 Å². The molecule has 2 rings (SSSR count). The SMILES string of the molecule is O1[SiH2]O[SiH]2O[SiH2]O[SiH]1O2. The molecule has 0 N–H and O–H groups in total. The first-order valence-electron chi connectivity index (χ1n) is 2.57. The van der Waals surface area contributed by atoms with Gasteiger partial charge in [0, 0.05) is 0 Å². The van der Waals surface area contributed by atoms with Gasteiger partial charge in [0.1, 0.15) is 0 Å². The third kappa shape index (κ3) is 1.39. The van der Waals surface area contributed by atoms with Gasteiger partial charge in [-0.2, -0.15) is 0 Å². The van der Waals surface area contributed by atoms with E-state index in [0.717, 1.165) is 0 Å². The highest BCUT2D eigenvalue weighted by Crippen LogP contribution is 2.07. The van der Waals surface area contributed by atoms with E-state index in [1.807, 2.05) is 0 Å². The molecule has 2 aliphatic rings. The molecule has 0 radical (unpaired) electrons. The van der Waals surface area contributed by atoms with Gasteiger partial charge in [-0.15, -0.1) is 0 Å². The Labute approximate surface area is 60.3 Å². The zero-order valence-corrected chi connectivity index (χ0v) is 9.75. The zero-order valence-electron chi connectivity index (χ0n) is 4.61. The maximum atomic E-state index is 5.18. The fourth-order valence-electron chi connectivity index (χ4n) is 0.645. The van der Waals surface area contributed by atoms with E-state index >= 15 is 0 Å². The van der Waals surface area contributed by atoms with Crippen LogP contribution in [0.15, 0.2) is 0 Å². The van der Waals surface area contributed by atoms with E-state index in [-0.39, 0.29) is 0 Å². The molecule has 0 spiro atoms. The van der Waals surface area contributed by atoms with Gasteiger partial charge < -0.3 is 20.6 Å². The summed E-state index contributed by atoms with van der Waals surface area (Å²) in [5, 5.41) is 0. The van der Waals surface area contributed by atoms with E-state index in [9.17, 15) is 0 Å². The van der Waals surface area contributed by atoms with Crippen molar-refractivity contribution in [2.24, 2.45) is 0 Å². The summed E-state index contributed by atoms with van der Waals surface area (Å²) in [6.07, 6.45) is 0. The van der Waals surface area contributed by atoms with Crippen molar-refractivity contribution in [3.05, 3.63) is 0 Å². The standard InChI is InChI=1S/H6O5Si4/c1-6-2-9-4-7-3-8(1)5-9/h8-9H,6-7H2. The van der Waals surface area contributed by atoms with Crippen molar-refractivity contribution in [1.82, 2.24) is 0 Å². The Bertz CT molecular complexity index is 85.1. The molecule has 9 heavy (non-hydrogen) atoms. The van der Waals surface area contributed by atoms with Crippen LogP contribution in [-0.4, -0.2) is 39.1 Å². The molecule has 0 aromatic rings. The summed E-state index contributed by atoms with van der Waals surface area (Å²) in [5.74, 6) is 0. The summed E-state index contributed by atoms with van der Waals surface area (Å²) in [5.41, 5.74) is 0. The van der Waals surface area contributed by atoms with Gasteiger partial charge in [0.05, 0.1) is 0 Å². The minimum atomic E-state index is -1.64. The Balaban J connectivity index is 1.96. The lowest BCUT2D eigenvalue weighted by Crippen LogP contribution is -2.52.